The number of rotatable bonds is 3. The van der Waals surface area contributed by atoms with Crippen LogP contribution in [0.15, 0.2) is 47.1 Å². The van der Waals surface area contributed by atoms with Crippen LogP contribution in [0.5, 0.6) is 0 Å². The highest BCUT2D eigenvalue weighted by molar-refractivity contribution is 5.86. The van der Waals surface area contributed by atoms with Crippen molar-refractivity contribution in [3.8, 4) is 22.5 Å². The second-order valence-electron chi connectivity index (χ2n) is 5.36. The van der Waals surface area contributed by atoms with Gasteiger partial charge in [0.15, 0.2) is 0 Å². The molecule has 0 radical (unpaired) electrons. The van der Waals surface area contributed by atoms with Crippen molar-refractivity contribution in [2.24, 2.45) is 0 Å². The zero-order valence-corrected chi connectivity index (χ0v) is 12.8. The van der Waals surface area contributed by atoms with Crippen LogP contribution in [0.4, 0.5) is 13.2 Å². The molecule has 0 saturated carbocycles. The summed E-state index contributed by atoms with van der Waals surface area (Å²) in [7, 11) is 0. The summed E-state index contributed by atoms with van der Waals surface area (Å²) in [5, 5.41) is 9.06. The van der Waals surface area contributed by atoms with E-state index in [4.69, 9.17) is 9.52 Å². The van der Waals surface area contributed by atoms with Crippen LogP contribution >= 0.6 is 0 Å². The largest absolute Gasteiger partial charge is 0.475 e. The first-order valence-electron chi connectivity index (χ1n) is 7.26. The number of pyridine rings is 1. The molecule has 9 heteroatoms. The van der Waals surface area contributed by atoms with E-state index in [0.717, 1.165) is 18.3 Å². The molecule has 0 fully saturated rings. The molecule has 1 aromatic carbocycles. The van der Waals surface area contributed by atoms with Gasteiger partial charge in [-0.25, -0.2) is 18.6 Å². The second kappa shape index (κ2) is 5.73. The molecule has 26 heavy (non-hydrogen) atoms. The van der Waals surface area contributed by atoms with Crippen LogP contribution < -0.4 is 0 Å². The maximum atomic E-state index is 14.2. The van der Waals surface area contributed by atoms with Crippen LogP contribution in [-0.4, -0.2) is 25.4 Å². The van der Waals surface area contributed by atoms with Crippen molar-refractivity contribution in [2.45, 2.75) is 0 Å². The number of aromatic carboxylic acids is 1. The van der Waals surface area contributed by atoms with E-state index >= 15 is 0 Å². The molecule has 0 aliphatic rings. The molecule has 0 spiro atoms. The van der Waals surface area contributed by atoms with Crippen LogP contribution in [0.1, 0.15) is 10.6 Å². The van der Waals surface area contributed by atoms with E-state index in [-0.39, 0.29) is 28.6 Å². The van der Waals surface area contributed by atoms with Crippen molar-refractivity contribution in [3.05, 3.63) is 66.1 Å². The number of halogens is 3. The van der Waals surface area contributed by atoms with Gasteiger partial charge in [0.25, 0.3) is 0 Å². The quantitative estimate of drug-likeness (QED) is 0.563. The Hall–Kier alpha value is -3.62. The number of hydrogen-bond donors (Lipinski definition) is 1. The summed E-state index contributed by atoms with van der Waals surface area (Å²) < 4.78 is 47.0. The Morgan fingerprint density at radius 3 is 2.62 bits per heavy atom. The molecule has 0 aliphatic heterocycles. The molecule has 6 nitrogen and oxygen atoms in total. The van der Waals surface area contributed by atoms with Gasteiger partial charge < -0.3 is 9.52 Å². The van der Waals surface area contributed by atoms with Gasteiger partial charge in [-0.2, -0.15) is 9.37 Å². The first-order valence-corrected chi connectivity index (χ1v) is 7.26. The molecule has 0 unspecified atom stereocenters. The van der Waals surface area contributed by atoms with Gasteiger partial charge in [0.05, 0.1) is 11.9 Å². The summed E-state index contributed by atoms with van der Waals surface area (Å²) in [6, 6.07) is 5.44. The topological polar surface area (TPSA) is 80.6 Å². The van der Waals surface area contributed by atoms with Gasteiger partial charge >= 0.3 is 11.8 Å². The van der Waals surface area contributed by atoms with Crippen LogP contribution in [0.3, 0.4) is 0 Å². The third kappa shape index (κ3) is 2.50. The Labute approximate surface area is 143 Å². The highest BCUT2D eigenvalue weighted by atomic mass is 19.1. The number of imidazole rings is 1. The number of hydrogen-bond acceptors (Lipinski definition) is 4. The lowest BCUT2D eigenvalue weighted by molar-refractivity contribution is 0.0664. The van der Waals surface area contributed by atoms with Crippen molar-refractivity contribution in [1.82, 2.24) is 14.4 Å². The van der Waals surface area contributed by atoms with Crippen LogP contribution in [-0.2, 0) is 0 Å². The van der Waals surface area contributed by atoms with Gasteiger partial charge in [0.1, 0.15) is 17.3 Å². The predicted octanol–water partition coefficient (Wildman–Crippen LogP) is 3.77. The number of benzene rings is 1. The normalized spacial score (nSPS) is 11.2. The molecule has 1 N–H and O–H groups in total. The number of fused-ring (bicyclic) bond motifs is 1. The predicted molar refractivity (Wildman–Crippen MR) is 83.0 cm³/mol. The van der Waals surface area contributed by atoms with Gasteiger partial charge in [0, 0.05) is 23.4 Å². The minimum Gasteiger partial charge on any atom is -0.475 e. The van der Waals surface area contributed by atoms with E-state index in [1.807, 2.05) is 0 Å². The van der Waals surface area contributed by atoms with Gasteiger partial charge in [-0.1, -0.05) is 0 Å². The Balaban J connectivity index is 2.03. The van der Waals surface area contributed by atoms with Crippen LogP contribution in [0, 0.1) is 17.6 Å². The van der Waals surface area contributed by atoms with E-state index in [9.17, 15) is 18.0 Å². The Bertz CT molecular complexity index is 1150. The summed E-state index contributed by atoms with van der Waals surface area (Å²) >= 11 is 0. The first kappa shape index (κ1) is 15.9. The highest BCUT2D eigenvalue weighted by Crippen LogP contribution is 2.35. The Morgan fingerprint density at radius 2 is 1.96 bits per heavy atom. The lowest BCUT2D eigenvalue weighted by Gasteiger charge is -2.05. The number of nitrogens with zero attached hydrogens (tertiary/aromatic N) is 3. The smallest absolute Gasteiger partial charge is 0.373 e. The van der Waals surface area contributed by atoms with E-state index in [0.29, 0.717) is 11.6 Å². The van der Waals surface area contributed by atoms with Crippen molar-refractivity contribution in [1.29, 1.82) is 0 Å². The van der Waals surface area contributed by atoms with Crippen molar-refractivity contribution < 1.29 is 27.5 Å². The molecule has 0 amide bonds. The van der Waals surface area contributed by atoms with Crippen molar-refractivity contribution in [3.63, 3.8) is 0 Å². The molecule has 3 aromatic heterocycles. The Kier molecular flexibility index (Phi) is 3.50. The lowest BCUT2D eigenvalue weighted by Crippen LogP contribution is -1.95. The molecule has 3 heterocycles. The lowest BCUT2D eigenvalue weighted by atomic mass is 10.1. The van der Waals surface area contributed by atoms with E-state index < -0.39 is 23.6 Å². The minimum atomic E-state index is -1.31. The molecule has 0 saturated heterocycles. The van der Waals surface area contributed by atoms with E-state index in [1.165, 1.54) is 22.7 Å². The second-order valence-corrected chi connectivity index (χ2v) is 5.36. The molecule has 130 valence electrons. The molecule has 0 bridgehead atoms. The third-order valence-electron chi connectivity index (χ3n) is 3.72. The Morgan fingerprint density at radius 1 is 1.15 bits per heavy atom. The van der Waals surface area contributed by atoms with Gasteiger partial charge in [-0.05, 0) is 24.3 Å². The maximum absolute atomic E-state index is 14.2. The summed E-state index contributed by atoms with van der Waals surface area (Å²) in [5.74, 6) is -4.14. The van der Waals surface area contributed by atoms with Crippen LogP contribution in [0.2, 0.25) is 0 Å². The summed E-state index contributed by atoms with van der Waals surface area (Å²) in [6.45, 7) is 0. The molecule has 4 aromatic rings. The summed E-state index contributed by atoms with van der Waals surface area (Å²) in [5.41, 5.74) is 0.623. The van der Waals surface area contributed by atoms with E-state index in [1.54, 1.807) is 0 Å². The van der Waals surface area contributed by atoms with Gasteiger partial charge in [0.2, 0.25) is 11.7 Å². The fourth-order valence-electron chi connectivity index (χ4n) is 2.61. The van der Waals surface area contributed by atoms with Gasteiger partial charge in [-0.3, -0.25) is 4.40 Å². The average Bonchev–Trinajstić information content (AvgIpc) is 3.14. The minimum absolute atomic E-state index is 0.0264. The highest BCUT2D eigenvalue weighted by Gasteiger charge is 2.23. The van der Waals surface area contributed by atoms with Crippen molar-refractivity contribution in [2.75, 3.05) is 0 Å². The van der Waals surface area contributed by atoms with Crippen LogP contribution in [0.25, 0.3) is 28.4 Å². The van der Waals surface area contributed by atoms with Crippen molar-refractivity contribution >= 4 is 11.8 Å². The maximum Gasteiger partial charge on any atom is 0.373 e. The third-order valence-corrected chi connectivity index (χ3v) is 3.72. The average molecular weight is 359 g/mol. The molecule has 0 atom stereocenters. The standard InChI is InChI=1S/C17H8F3N3O3/c18-9-2-3-10(11(19)5-9)14-15(8-1-4-13(20)21-6-8)23-7-12(16(24)25)26-17(23)22-14/h1-7H,(H,24,25). The van der Waals surface area contributed by atoms with Gasteiger partial charge in [-0.15, -0.1) is 0 Å². The first-order chi connectivity index (χ1) is 12.4. The molecular formula is C17H8F3N3O3. The summed E-state index contributed by atoms with van der Waals surface area (Å²) in [4.78, 5) is 18.8. The number of carboxylic acid groups (broad SMARTS) is 1. The number of carboxylic acids is 1. The molecule has 0 aliphatic carbocycles. The number of aromatic nitrogens is 3. The molecule has 4 rings (SSSR count). The summed E-state index contributed by atoms with van der Waals surface area (Å²) in [6.07, 6.45) is 2.35. The zero-order chi connectivity index (χ0) is 18.4. The fourth-order valence-corrected chi connectivity index (χ4v) is 2.61. The molecular weight excluding hydrogens is 351 g/mol. The number of oxazole rings is 1. The zero-order valence-electron chi connectivity index (χ0n) is 12.8. The SMILES string of the molecule is O=C(O)c1cn2c(-c3ccc(F)nc3)c(-c3ccc(F)cc3F)nc2o1. The number of carbonyl (C=O) groups is 1. The fraction of sp³-hybridized carbons (Fsp3) is 0. The monoisotopic (exact) mass is 359 g/mol. The van der Waals surface area contributed by atoms with E-state index in [2.05, 4.69) is 9.97 Å².